The summed E-state index contributed by atoms with van der Waals surface area (Å²) in [7, 11) is 3.84. The monoisotopic (exact) mass is 424 g/mol. The Balaban J connectivity index is 3.61. The number of carbonyl (C=O) groups is 1. The fourth-order valence-corrected chi connectivity index (χ4v) is 3.60. The molecule has 0 aliphatic carbocycles. The van der Waals surface area contributed by atoms with E-state index in [2.05, 4.69) is 6.92 Å². The van der Waals surface area contributed by atoms with E-state index in [1.165, 1.54) is 32.1 Å². The van der Waals surface area contributed by atoms with Crippen LogP contribution in [0, 0.1) is 0 Å². The largest absolute Gasteiger partial charge is 0.481 e. The first-order chi connectivity index (χ1) is 13.2. The number of carboxylic acid groups (broad SMARTS) is 1. The van der Waals surface area contributed by atoms with Gasteiger partial charge in [0, 0.05) is 13.2 Å². The van der Waals surface area contributed by atoms with E-state index in [9.17, 15) is 9.69 Å². The van der Waals surface area contributed by atoms with Gasteiger partial charge < -0.3 is 28.3 Å². The third-order valence-corrected chi connectivity index (χ3v) is 5.01. The summed E-state index contributed by atoms with van der Waals surface area (Å²) in [5.74, 6) is -0.935. The molecule has 0 aliphatic rings. The predicted octanol–water partition coefficient (Wildman–Crippen LogP) is 4.34. The van der Waals surface area contributed by atoms with Crippen molar-refractivity contribution >= 4 is 14.6 Å². The normalized spacial score (nSPS) is 14.2. The van der Waals surface area contributed by atoms with Crippen LogP contribution in [-0.2, 0) is 18.6 Å². The molecule has 0 aromatic rings. The Hall–Kier alpha value is -0.300. The van der Waals surface area contributed by atoms with E-state index in [0.717, 1.165) is 38.9 Å². The fourth-order valence-electron chi connectivity index (χ4n) is 2.85. The lowest BCUT2D eigenvalue weighted by Crippen LogP contribution is -2.42. The lowest BCUT2D eigenvalue weighted by Gasteiger charge is -2.29. The Kier molecular flexibility index (Phi) is 17.4. The number of rotatable bonds is 20. The number of hydrogen-bond donors (Lipinski definition) is 2. The van der Waals surface area contributed by atoms with Gasteiger partial charge in [-0.3, -0.25) is 4.79 Å². The molecular formula is C20H43NO6P+. The van der Waals surface area contributed by atoms with Crippen LogP contribution in [0.15, 0.2) is 0 Å². The van der Waals surface area contributed by atoms with E-state index < -0.39 is 20.7 Å². The average Bonchev–Trinajstić information content (AvgIpc) is 2.56. The van der Waals surface area contributed by atoms with Gasteiger partial charge in [0.1, 0.15) is 12.6 Å². The Labute approximate surface area is 172 Å². The van der Waals surface area contributed by atoms with Crippen LogP contribution in [0.4, 0.5) is 0 Å². The van der Waals surface area contributed by atoms with Crippen molar-refractivity contribution in [3.63, 3.8) is 0 Å². The van der Waals surface area contributed by atoms with Crippen molar-refractivity contribution in [1.29, 1.82) is 0 Å². The zero-order valence-corrected chi connectivity index (χ0v) is 19.3. The number of hydrogen-bond acceptors (Lipinski definition) is 5. The topological polar surface area (TPSA) is 85.2 Å². The molecule has 7 nitrogen and oxygen atoms in total. The van der Waals surface area contributed by atoms with Gasteiger partial charge in [0.15, 0.2) is 0 Å². The van der Waals surface area contributed by atoms with Crippen molar-refractivity contribution < 1.29 is 33.1 Å². The number of aliphatic carboxylic acids is 1. The molecule has 2 N–H and O–H groups in total. The molecule has 0 heterocycles. The molecule has 0 fully saturated rings. The summed E-state index contributed by atoms with van der Waals surface area (Å²) in [6.45, 7) is 4.84. The van der Waals surface area contributed by atoms with Gasteiger partial charge in [-0.1, -0.05) is 45.4 Å². The molecule has 2 atom stereocenters. The van der Waals surface area contributed by atoms with Crippen molar-refractivity contribution in [3.8, 4) is 0 Å². The molecule has 0 aromatic carbocycles. The molecule has 28 heavy (non-hydrogen) atoms. The molecule has 0 spiro atoms. The van der Waals surface area contributed by atoms with Crippen LogP contribution in [0.3, 0.4) is 0 Å². The van der Waals surface area contributed by atoms with E-state index in [4.69, 9.17) is 18.9 Å². The highest BCUT2D eigenvalue weighted by Crippen LogP contribution is 2.36. The molecule has 0 radical (unpaired) electrons. The van der Waals surface area contributed by atoms with E-state index in [0.29, 0.717) is 17.6 Å². The van der Waals surface area contributed by atoms with Gasteiger partial charge in [0.2, 0.25) is 0 Å². The molecule has 168 valence electrons. The van der Waals surface area contributed by atoms with Crippen LogP contribution in [0.1, 0.15) is 71.1 Å². The SMILES string of the molecule is CCCOCCCCCCCCCCOP(O)O[C@H](CC(=O)O)C[N+](C)(C)C. The summed E-state index contributed by atoms with van der Waals surface area (Å²) in [4.78, 5) is 20.9. The zero-order valence-electron chi connectivity index (χ0n) is 18.4. The second-order valence-corrected chi connectivity index (χ2v) is 9.25. The highest BCUT2D eigenvalue weighted by atomic mass is 31.2. The minimum absolute atomic E-state index is 0.136. The van der Waals surface area contributed by atoms with Crippen molar-refractivity contribution in [2.75, 3.05) is 47.5 Å². The number of likely N-dealkylation sites (N-methyl/N-ethyl adjacent to an activating group) is 1. The second kappa shape index (κ2) is 17.5. The predicted molar refractivity (Wildman–Crippen MR) is 113 cm³/mol. The van der Waals surface area contributed by atoms with Gasteiger partial charge in [-0.2, -0.15) is 0 Å². The number of carboxylic acids is 1. The number of nitrogens with zero attached hydrogens (tertiary/aromatic N) is 1. The minimum atomic E-state index is -2.03. The summed E-state index contributed by atoms with van der Waals surface area (Å²) < 4.78 is 16.8. The summed E-state index contributed by atoms with van der Waals surface area (Å²) in [6.07, 6.45) is 9.66. The average molecular weight is 425 g/mol. The Bertz CT molecular complexity index is 378. The van der Waals surface area contributed by atoms with Crippen LogP contribution in [0.2, 0.25) is 0 Å². The maximum atomic E-state index is 11.0. The van der Waals surface area contributed by atoms with Crippen molar-refractivity contribution in [1.82, 2.24) is 0 Å². The van der Waals surface area contributed by atoms with Crippen LogP contribution in [0.5, 0.6) is 0 Å². The summed E-state index contributed by atoms with van der Waals surface area (Å²) in [5.41, 5.74) is 0. The lowest BCUT2D eigenvalue weighted by molar-refractivity contribution is -0.873. The van der Waals surface area contributed by atoms with Gasteiger partial charge in [-0.15, -0.1) is 0 Å². The minimum Gasteiger partial charge on any atom is -0.481 e. The molecule has 0 rings (SSSR count). The molecule has 0 bridgehead atoms. The molecule has 1 unspecified atom stereocenters. The second-order valence-electron chi connectivity index (χ2n) is 8.31. The van der Waals surface area contributed by atoms with Crippen molar-refractivity contribution in [2.24, 2.45) is 0 Å². The highest BCUT2D eigenvalue weighted by Gasteiger charge is 2.25. The summed E-state index contributed by atoms with van der Waals surface area (Å²) >= 11 is 0. The Morgan fingerprint density at radius 3 is 1.96 bits per heavy atom. The van der Waals surface area contributed by atoms with Crippen LogP contribution < -0.4 is 0 Å². The van der Waals surface area contributed by atoms with Gasteiger partial charge >= 0.3 is 14.6 Å². The molecule has 0 amide bonds. The molecule has 0 aromatic heterocycles. The summed E-state index contributed by atoms with van der Waals surface area (Å²) in [6, 6.07) is 0. The van der Waals surface area contributed by atoms with Gasteiger partial charge in [0.05, 0.1) is 34.2 Å². The Morgan fingerprint density at radius 1 is 0.929 bits per heavy atom. The standard InChI is InChI=1S/C20H42NO6P/c1-5-14-25-15-12-10-8-6-7-9-11-13-16-26-28(24)27-19(17-20(22)23)18-21(2,3)4/h19,24H,5-18H2,1-4H3/p+1/t19-,28?/m1/s1. The lowest BCUT2D eigenvalue weighted by atomic mass is 10.1. The number of quaternary nitrogens is 1. The van der Waals surface area contributed by atoms with E-state index in [-0.39, 0.29) is 6.42 Å². The van der Waals surface area contributed by atoms with Crippen LogP contribution in [0.25, 0.3) is 0 Å². The smallest absolute Gasteiger partial charge is 0.330 e. The number of ether oxygens (including phenoxy) is 1. The maximum Gasteiger partial charge on any atom is 0.330 e. The van der Waals surface area contributed by atoms with E-state index in [1.807, 2.05) is 21.1 Å². The van der Waals surface area contributed by atoms with Crippen LogP contribution >= 0.6 is 8.60 Å². The maximum absolute atomic E-state index is 11.0. The molecule has 0 saturated heterocycles. The number of unbranched alkanes of at least 4 members (excludes halogenated alkanes) is 7. The van der Waals surface area contributed by atoms with E-state index >= 15 is 0 Å². The quantitative estimate of drug-likeness (QED) is 0.172. The first-order valence-electron chi connectivity index (χ1n) is 10.6. The van der Waals surface area contributed by atoms with Crippen molar-refractivity contribution in [2.45, 2.75) is 77.2 Å². The summed E-state index contributed by atoms with van der Waals surface area (Å²) in [5, 5.41) is 8.98. The van der Waals surface area contributed by atoms with Crippen LogP contribution in [-0.4, -0.2) is 74.1 Å². The Morgan fingerprint density at radius 2 is 1.46 bits per heavy atom. The fraction of sp³-hybridized carbons (Fsp3) is 0.950. The van der Waals surface area contributed by atoms with Crippen molar-refractivity contribution in [3.05, 3.63) is 0 Å². The van der Waals surface area contributed by atoms with E-state index in [1.54, 1.807) is 0 Å². The van der Waals surface area contributed by atoms with Gasteiger partial charge in [-0.05, 0) is 19.3 Å². The molecule has 0 aliphatic heterocycles. The van der Waals surface area contributed by atoms with Gasteiger partial charge in [-0.25, -0.2) is 0 Å². The zero-order chi connectivity index (χ0) is 21.3. The molecular weight excluding hydrogens is 381 g/mol. The highest BCUT2D eigenvalue weighted by molar-refractivity contribution is 7.40. The third kappa shape index (κ3) is 20.4. The molecule has 8 heteroatoms. The van der Waals surface area contributed by atoms with Gasteiger partial charge in [0.25, 0.3) is 0 Å². The molecule has 0 saturated carbocycles. The third-order valence-electron chi connectivity index (χ3n) is 4.13. The first-order valence-corrected chi connectivity index (χ1v) is 11.8. The first kappa shape index (κ1) is 27.7.